The van der Waals surface area contributed by atoms with Gasteiger partial charge in [-0.2, -0.15) is 0 Å². The smallest absolute Gasteiger partial charge is 0.142 e. The zero-order valence-electron chi connectivity index (χ0n) is 12.2. The van der Waals surface area contributed by atoms with Crippen LogP contribution in [0.15, 0.2) is 36.4 Å². The van der Waals surface area contributed by atoms with Gasteiger partial charge in [0.05, 0.1) is 17.7 Å². The number of rotatable bonds is 4. The second-order valence-electron chi connectivity index (χ2n) is 5.12. The maximum Gasteiger partial charge on any atom is 0.142 e. The van der Waals surface area contributed by atoms with Gasteiger partial charge in [0, 0.05) is 0 Å². The van der Waals surface area contributed by atoms with Crippen molar-refractivity contribution in [2.45, 2.75) is 20.4 Å². The summed E-state index contributed by atoms with van der Waals surface area (Å²) < 4.78 is 7.56. The van der Waals surface area contributed by atoms with Gasteiger partial charge in [-0.25, -0.2) is 4.68 Å². The summed E-state index contributed by atoms with van der Waals surface area (Å²) in [6.45, 7) is 5.30. The van der Waals surface area contributed by atoms with Gasteiger partial charge >= 0.3 is 0 Å². The lowest BCUT2D eigenvalue weighted by atomic mass is 10.1. The number of benzene rings is 2. The molecule has 2 N–H and O–H groups in total. The fraction of sp³-hybridized carbons (Fsp3) is 0.250. The Morgan fingerprint density at radius 2 is 1.90 bits per heavy atom. The fourth-order valence-electron chi connectivity index (χ4n) is 2.24. The summed E-state index contributed by atoms with van der Waals surface area (Å²) >= 11 is 0. The van der Waals surface area contributed by atoms with Crippen molar-refractivity contribution in [3.63, 3.8) is 0 Å². The largest absolute Gasteiger partial charge is 0.489 e. The molecular weight excluding hydrogens is 264 g/mol. The van der Waals surface area contributed by atoms with E-state index in [0.29, 0.717) is 24.6 Å². The highest BCUT2D eigenvalue weighted by Gasteiger charge is 2.07. The predicted octanol–water partition coefficient (Wildman–Crippen LogP) is 2.71. The molecule has 2 aromatic carbocycles. The number of nitrogens with zero attached hydrogens (tertiary/aromatic N) is 3. The molecular formula is C16H18N4O. The average molecular weight is 282 g/mol. The summed E-state index contributed by atoms with van der Waals surface area (Å²) in [5, 5.41) is 8.38. The first-order valence-corrected chi connectivity index (χ1v) is 6.93. The van der Waals surface area contributed by atoms with E-state index in [1.807, 2.05) is 28.9 Å². The van der Waals surface area contributed by atoms with Crippen molar-refractivity contribution in [1.82, 2.24) is 15.0 Å². The van der Waals surface area contributed by atoms with Gasteiger partial charge in [-0.15, -0.1) is 5.10 Å². The highest BCUT2D eigenvalue weighted by atomic mass is 16.5. The van der Waals surface area contributed by atoms with E-state index in [4.69, 9.17) is 10.5 Å². The highest BCUT2D eigenvalue weighted by Crippen LogP contribution is 2.20. The van der Waals surface area contributed by atoms with E-state index in [9.17, 15) is 0 Å². The Morgan fingerprint density at radius 3 is 2.71 bits per heavy atom. The first-order valence-electron chi connectivity index (χ1n) is 6.93. The third kappa shape index (κ3) is 2.67. The SMILES string of the molecule is Cc1cc2nnn(CCOc3ccccc3N)c2cc1C. The lowest BCUT2D eigenvalue weighted by molar-refractivity contribution is 0.293. The van der Waals surface area contributed by atoms with E-state index in [2.05, 4.69) is 36.3 Å². The number of fused-ring (bicyclic) bond motifs is 1. The molecule has 0 spiro atoms. The fourth-order valence-corrected chi connectivity index (χ4v) is 2.24. The Labute approximate surface area is 123 Å². The molecule has 21 heavy (non-hydrogen) atoms. The predicted molar refractivity (Wildman–Crippen MR) is 83.4 cm³/mol. The molecule has 5 nitrogen and oxygen atoms in total. The highest BCUT2D eigenvalue weighted by molar-refractivity contribution is 5.76. The Morgan fingerprint density at radius 1 is 1.14 bits per heavy atom. The quantitative estimate of drug-likeness (QED) is 0.747. The standard InChI is InChI=1S/C16H18N4O/c1-11-9-14-15(10-12(11)2)20(19-18-14)7-8-21-16-6-4-3-5-13(16)17/h3-6,9-10H,7-8,17H2,1-2H3. The van der Waals surface area contributed by atoms with Crippen molar-refractivity contribution in [1.29, 1.82) is 0 Å². The van der Waals surface area contributed by atoms with E-state index < -0.39 is 0 Å². The van der Waals surface area contributed by atoms with Crippen LogP contribution < -0.4 is 10.5 Å². The summed E-state index contributed by atoms with van der Waals surface area (Å²) in [5.74, 6) is 0.703. The lowest BCUT2D eigenvalue weighted by Crippen LogP contribution is -2.10. The van der Waals surface area contributed by atoms with Gasteiger partial charge in [-0.3, -0.25) is 0 Å². The number of anilines is 1. The number of hydrogen-bond acceptors (Lipinski definition) is 4. The van der Waals surface area contributed by atoms with E-state index in [1.54, 1.807) is 0 Å². The number of nitrogens with two attached hydrogens (primary N) is 1. The third-order valence-electron chi connectivity index (χ3n) is 3.61. The third-order valence-corrected chi connectivity index (χ3v) is 3.61. The monoisotopic (exact) mass is 282 g/mol. The molecule has 1 aromatic heterocycles. The zero-order valence-corrected chi connectivity index (χ0v) is 12.2. The molecule has 3 rings (SSSR count). The van der Waals surface area contributed by atoms with Crippen LogP contribution in [-0.2, 0) is 6.54 Å². The van der Waals surface area contributed by atoms with Crippen molar-refractivity contribution in [2.24, 2.45) is 0 Å². The summed E-state index contributed by atoms with van der Waals surface area (Å²) in [5.41, 5.74) is 10.9. The zero-order chi connectivity index (χ0) is 14.8. The van der Waals surface area contributed by atoms with Crippen LogP contribution in [0.5, 0.6) is 5.75 Å². The van der Waals surface area contributed by atoms with Gasteiger partial charge in [0.1, 0.15) is 17.9 Å². The first kappa shape index (κ1) is 13.4. The maximum absolute atomic E-state index is 5.85. The minimum atomic E-state index is 0.500. The Bertz CT molecular complexity index is 779. The molecule has 0 saturated carbocycles. The normalized spacial score (nSPS) is 11.0. The van der Waals surface area contributed by atoms with Gasteiger partial charge < -0.3 is 10.5 Å². The van der Waals surface area contributed by atoms with Crippen LogP contribution in [-0.4, -0.2) is 21.6 Å². The van der Waals surface area contributed by atoms with Gasteiger partial charge in [0.15, 0.2) is 0 Å². The number of hydrogen-bond donors (Lipinski definition) is 1. The van der Waals surface area contributed by atoms with E-state index >= 15 is 0 Å². The number of nitrogen functional groups attached to an aromatic ring is 1. The van der Waals surface area contributed by atoms with Gasteiger partial charge in [0.2, 0.25) is 0 Å². The van der Waals surface area contributed by atoms with Crippen LogP contribution in [0, 0.1) is 13.8 Å². The Balaban J connectivity index is 1.74. The summed E-state index contributed by atoms with van der Waals surface area (Å²) in [6.07, 6.45) is 0. The van der Waals surface area contributed by atoms with Crippen LogP contribution >= 0.6 is 0 Å². The molecule has 3 aromatic rings. The number of aromatic nitrogens is 3. The van der Waals surface area contributed by atoms with Crippen LogP contribution in [0.25, 0.3) is 11.0 Å². The minimum Gasteiger partial charge on any atom is -0.489 e. The average Bonchev–Trinajstić information content (AvgIpc) is 2.84. The summed E-state index contributed by atoms with van der Waals surface area (Å²) in [4.78, 5) is 0. The van der Waals surface area contributed by atoms with E-state index in [1.165, 1.54) is 11.1 Å². The molecule has 0 unspecified atom stereocenters. The van der Waals surface area contributed by atoms with Gasteiger partial charge in [0.25, 0.3) is 0 Å². The molecule has 0 amide bonds. The molecule has 0 radical (unpaired) electrons. The number of para-hydroxylation sites is 2. The number of ether oxygens (including phenoxy) is 1. The van der Waals surface area contributed by atoms with Crippen LogP contribution in [0.3, 0.4) is 0 Å². The van der Waals surface area contributed by atoms with Crippen LogP contribution in [0.2, 0.25) is 0 Å². The molecule has 108 valence electrons. The second kappa shape index (κ2) is 5.44. The van der Waals surface area contributed by atoms with Crippen LogP contribution in [0.4, 0.5) is 5.69 Å². The van der Waals surface area contributed by atoms with E-state index in [0.717, 1.165) is 11.0 Å². The molecule has 0 aliphatic heterocycles. The summed E-state index contributed by atoms with van der Waals surface area (Å²) in [6, 6.07) is 11.7. The summed E-state index contributed by atoms with van der Waals surface area (Å²) in [7, 11) is 0. The van der Waals surface area contributed by atoms with Crippen LogP contribution in [0.1, 0.15) is 11.1 Å². The van der Waals surface area contributed by atoms with Gasteiger partial charge in [-0.05, 0) is 49.2 Å². The Hall–Kier alpha value is -2.56. The van der Waals surface area contributed by atoms with E-state index in [-0.39, 0.29) is 0 Å². The molecule has 0 aliphatic carbocycles. The topological polar surface area (TPSA) is 66.0 Å². The molecule has 0 fully saturated rings. The molecule has 1 heterocycles. The molecule has 0 aliphatic rings. The lowest BCUT2D eigenvalue weighted by Gasteiger charge is -2.09. The Kier molecular flexibility index (Phi) is 3.48. The maximum atomic E-state index is 5.85. The van der Waals surface area contributed by atoms with Gasteiger partial charge in [-0.1, -0.05) is 17.3 Å². The van der Waals surface area contributed by atoms with Crippen molar-refractivity contribution in [2.75, 3.05) is 12.3 Å². The molecule has 0 bridgehead atoms. The van der Waals surface area contributed by atoms with Crippen molar-refractivity contribution >= 4 is 16.7 Å². The molecule has 5 heteroatoms. The van der Waals surface area contributed by atoms with Crippen molar-refractivity contribution in [3.05, 3.63) is 47.5 Å². The number of aryl methyl sites for hydroxylation is 2. The van der Waals surface area contributed by atoms with Crippen molar-refractivity contribution in [3.8, 4) is 5.75 Å². The second-order valence-corrected chi connectivity index (χ2v) is 5.12. The molecule has 0 atom stereocenters. The minimum absolute atomic E-state index is 0.500. The molecule has 0 saturated heterocycles. The first-order chi connectivity index (χ1) is 10.1. The van der Waals surface area contributed by atoms with Crippen molar-refractivity contribution < 1.29 is 4.74 Å².